The van der Waals surface area contributed by atoms with Gasteiger partial charge in [-0.05, 0) is 48.9 Å². The Kier molecular flexibility index (Phi) is 5.47. The third-order valence-corrected chi connectivity index (χ3v) is 5.96. The number of hydrogen-bond acceptors (Lipinski definition) is 5. The van der Waals surface area contributed by atoms with Crippen molar-refractivity contribution in [3.63, 3.8) is 0 Å². The van der Waals surface area contributed by atoms with Crippen LogP contribution in [0.15, 0.2) is 52.3 Å². The third kappa shape index (κ3) is 4.54. The average Bonchev–Trinajstić information content (AvgIpc) is 2.53. The number of sulfonamides is 2. The van der Waals surface area contributed by atoms with Gasteiger partial charge in [-0.25, -0.2) is 31.1 Å². The van der Waals surface area contributed by atoms with E-state index >= 15 is 0 Å². The molecule has 2 aromatic rings. The maximum Gasteiger partial charge on any atom is 0.241 e. The van der Waals surface area contributed by atoms with Crippen LogP contribution in [0.1, 0.15) is 18.5 Å². The number of ether oxygens (including phenoxy) is 1. The Morgan fingerprint density at radius 2 is 1.60 bits per heavy atom. The van der Waals surface area contributed by atoms with Gasteiger partial charge in [-0.15, -0.1) is 0 Å². The van der Waals surface area contributed by atoms with Gasteiger partial charge in [0.15, 0.2) is 11.6 Å². The van der Waals surface area contributed by atoms with Crippen molar-refractivity contribution >= 4 is 20.0 Å². The van der Waals surface area contributed by atoms with E-state index in [-0.39, 0.29) is 15.5 Å². The number of benzene rings is 2. The predicted octanol–water partition coefficient (Wildman–Crippen LogP) is 1.52. The number of primary sulfonamides is 1. The molecule has 0 heterocycles. The zero-order chi connectivity index (χ0) is 18.8. The topological polar surface area (TPSA) is 116 Å². The molecule has 1 unspecified atom stereocenters. The van der Waals surface area contributed by atoms with E-state index in [0.717, 1.165) is 24.3 Å². The van der Waals surface area contributed by atoms with Crippen LogP contribution in [0.4, 0.5) is 4.39 Å². The molecule has 136 valence electrons. The maximum absolute atomic E-state index is 13.8. The van der Waals surface area contributed by atoms with E-state index in [1.807, 2.05) is 0 Å². The van der Waals surface area contributed by atoms with Crippen LogP contribution < -0.4 is 14.6 Å². The van der Waals surface area contributed by atoms with Crippen LogP contribution in [-0.4, -0.2) is 23.9 Å². The average molecular weight is 388 g/mol. The van der Waals surface area contributed by atoms with Crippen molar-refractivity contribution in [1.29, 1.82) is 0 Å². The molecule has 0 aromatic heterocycles. The van der Waals surface area contributed by atoms with Gasteiger partial charge >= 0.3 is 0 Å². The van der Waals surface area contributed by atoms with Gasteiger partial charge in [0, 0.05) is 6.04 Å². The summed E-state index contributed by atoms with van der Waals surface area (Å²) in [6.07, 6.45) is 0. The molecule has 0 saturated carbocycles. The van der Waals surface area contributed by atoms with Gasteiger partial charge in [-0.1, -0.05) is 6.07 Å². The Balaban J connectivity index is 2.24. The standard InChI is InChI=1S/C15H17FN2O5S2/c1-10(11-3-8-15(23-2)14(16)9-11)18-25(21,22)13-6-4-12(5-7-13)24(17,19)20/h3-10,18H,1-2H3,(H2,17,19,20). The van der Waals surface area contributed by atoms with Crippen LogP contribution in [0.5, 0.6) is 5.75 Å². The van der Waals surface area contributed by atoms with Crippen molar-refractivity contribution in [2.24, 2.45) is 5.14 Å². The summed E-state index contributed by atoms with van der Waals surface area (Å²) in [5, 5.41) is 4.97. The van der Waals surface area contributed by atoms with Crippen molar-refractivity contribution < 1.29 is 26.0 Å². The summed E-state index contributed by atoms with van der Waals surface area (Å²) in [4.78, 5) is -0.336. The second-order valence-electron chi connectivity index (χ2n) is 5.25. The molecule has 0 aliphatic rings. The van der Waals surface area contributed by atoms with Crippen molar-refractivity contribution in [3.8, 4) is 5.75 Å². The predicted molar refractivity (Wildman–Crippen MR) is 89.5 cm³/mol. The lowest BCUT2D eigenvalue weighted by atomic mass is 10.1. The van der Waals surface area contributed by atoms with Crippen molar-refractivity contribution in [3.05, 3.63) is 53.8 Å². The van der Waals surface area contributed by atoms with Gasteiger partial charge in [-0.2, -0.15) is 0 Å². The highest BCUT2D eigenvalue weighted by molar-refractivity contribution is 7.89. The molecule has 0 spiro atoms. The van der Waals surface area contributed by atoms with Crippen LogP contribution in [0, 0.1) is 5.82 Å². The molecule has 0 saturated heterocycles. The van der Waals surface area contributed by atoms with Gasteiger partial charge < -0.3 is 4.74 Å². The molecule has 25 heavy (non-hydrogen) atoms. The van der Waals surface area contributed by atoms with E-state index in [1.165, 1.54) is 19.2 Å². The van der Waals surface area contributed by atoms with E-state index < -0.39 is 31.9 Å². The Morgan fingerprint density at radius 3 is 2.08 bits per heavy atom. The summed E-state index contributed by atoms with van der Waals surface area (Å²) in [7, 11) is -6.52. The molecule has 0 fully saturated rings. The highest BCUT2D eigenvalue weighted by Crippen LogP contribution is 2.23. The fourth-order valence-corrected chi connectivity index (χ4v) is 3.88. The minimum absolute atomic E-state index is 0.0531. The first-order chi connectivity index (χ1) is 11.5. The first kappa shape index (κ1) is 19.3. The third-order valence-electron chi connectivity index (χ3n) is 3.47. The van der Waals surface area contributed by atoms with Crippen molar-refractivity contribution in [1.82, 2.24) is 4.72 Å². The Hall–Kier alpha value is -2.01. The molecule has 3 N–H and O–H groups in total. The van der Waals surface area contributed by atoms with Crippen LogP contribution >= 0.6 is 0 Å². The molecule has 1 atom stereocenters. The smallest absolute Gasteiger partial charge is 0.241 e. The van der Waals surface area contributed by atoms with Crippen molar-refractivity contribution in [2.75, 3.05) is 7.11 Å². The second kappa shape index (κ2) is 7.08. The number of nitrogens with two attached hydrogens (primary N) is 1. The summed E-state index contributed by atoms with van der Waals surface area (Å²) in [5.41, 5.74) is 0.406. The fourth-order valence-electron chi connectivity index (χ4n) is 2.13. The minimum atomic E-state index is -3.94. The fraction of sp³-hybridized carbons (Fsp3) is 0.200. The summed E-state index contributed by atoms with van der Waals surface area (Å²) in [5.74, 6) is -0.555. The van der Waals surface area contributed by atoms with E-state index in [0.29, 0.717) is 5.56 Å². The number of nitrogens with one attached hydrogen (secondary N) is 1. The summed E-state index contributed by atoms with van der Waals surface area (Å²) in [6, 6.07) is 7.85. The SMILES string of the molecule is COc1ccc(C(C)NS(=O)(=O)c2ccc(S(N)(=O)=O)cc2)cc1F. The number of hydrogen-bond donors (Lipinski definition) is 2. The molecule has 0 radical (unpaired) electrons. The monoisotopic (exact) mass is 388 g/mol. The first-order valence-corrected chi connectivity index (χ1v) is 10.1. The second-order valence-corrected chi connectivity index (χ2v) is 8.53. The molecule has 10 heteroatoms. The molecular weight excluding hydrogens is 371 g/mol. The quantitative estimate of drug-likeness (QED) is 0.778. The minimum Gasteiger partial charge on any atom is -0.494 e. The largest absolute Gasteiger partial charge is 0.494 e. The van der Waals surface area contributed by atoms with Crippen LogP contribution in [-0.2, 0) is 20.0 Å². The van der Waals surface area contributed by atoms with E-state index in [1.54, 1.807) is 13.0 Å². The lowest BCUT2D eigenvalue weighted by Crippen LogP contribution is -2.27. The van der Waals surface area contributed by atoms with Gasteiger partial charge in [0.25, 0.3) is 0 Å². The number of methoxy groups -OCH3 is 1. The number of halogens is 1. The molecule has 0 bridgehead atoms. The lowest BCUT2D eigenvalue weighted by molar-refractivity contribution is 0.386. The number of rotatable bonds is 6. The lowest BCUT2D eigenvalue weighted by Gasteiger charge is -2.15. The van der Waals surface area contributed by atoms with Crippen LogP contribution in [0.3, 0.4) is 0 Å². The van der Waals surface area contributed by atoms with Gasteiger partial charge in [0.05, 0.1) is 16.9 Å². The molecule has 0 aliphatic carbocycles. The highest BCUT2D eigenvalue weighted by atomic mass is 32.2. The molecule has 0 amide bonds. The van der Waals surface area contributed by atoms with Gasteiger partial charge in [0.1, 0.15) is 0 Å². The normalized spacial score (nSPS) is 13.4. The Morgan fingerprint density at radius 1 is 1.04 bits per heavy atom. The zero-order valence-corrected chi connectivity index (χ0v) is 15.1. The highest BCUT2D eigenvalue weighted by Gasteiger charge is 2.20. The molecule has 2 rings (SSSR count). The molecule has 0 aliphatic heterocycles. The molecule has 2 aromatic carbocycles. The summed E-state index contributed by atoms with van der Waals surface area (Å²) in [6.45, 7) is 1.55. The molecule has 7 nitrogen and oxygen atoms in total. The molecular formula is C15H17FN2O5S2. The van der Waals surface area contributed by atoms with E-state index in [2.05, 4.69) is 4.72 Å². The van der Waals surface area contributed by atoms with E-state index in [4.69, 9.17) is 9.88 Å². The Bertz CT molecular complexity index is 973. The summed E-state index contributed by atoms with van der Waals surface area (Å²) >= 11 is 0. The summed E-state index contributed by atoms with van der Waals surface area (Å²) < 4.78 is 68.1. The maximum atomic E-state index is 13.8. The zero-order valence-electron chi connectivity index (χ0n) is 13.4. The van der Waals surface area contributed by atoms with Crippen LogP contribution in [0.2, 0.25) is 0 Å². The van der Waals surface area contributed by atoms with Gasteiger partial charge in [-0.3, -0.25) is 0 Å². The van der Waals surface area contributed by atoms with Crippen LogP contribution in [0.25, 0.3) is 0 Å². The van der Waals surface area contributed by atoms with E-state index in [9.17, 15) is 21.2 Å². The Labute approximate surface area is 145 Å². The van der Waals surface area contributed by atoms with Gasteiger partial charge in [0.2, 0.25) is 20.0 Å². The first-order valence-electron chi connectivity index (χ1n) is 7.03. The van der Waals surface area contributed by atoms with Crippen molar-refractivity contribution in [2.45, 2.75) is 22.8 Å².